The number of aliphatic hydroxyl groups is 1. The smallest absolute Gasteiger partial charge is 0.290 e. The Labute approximate surface area is 165 Å². The minimum absolute atomic E-state index is 0.159. The van der Waals surface area contributed by atoms with Crippen LogP contribution in [-0.4, -0.2) is 28.2 Å². The molecule has 5 nitrogen and oxygen atoms in total. The molecule has 0 aliphatic carbocycles. The zero-order valence-corrected chi connectivity index (χ0v) is 16.5. The minimum Gasteiger partial charge on any atom is -0.503 e. The number of hydrogen-bond acceptors (Lipinski definition) is 4. The van der Waals surface area contributed by atoms with Gasteiger partial charge in [-0.25, -0.2) is 0 Å². The first-order chi connectivity index (χ1) is 13.5. The molecule has 1 aromatic carbocycles. The summed E-state index contributed by atoms with van der Waals surface area (Å²) in [4.78, 5) is 27.3. The topological polar surface area (TPSA) is 70.8 Å². The second-order valence-corrected chi connectivity index (χ2v) is 7.23. The summed E-state index contributed by atoms with van der Waals surface area (Å²) in [6.45, 7) is 4.40. The fourth-order valence-electron chi connectivity index (χ4n) is 3.63. The van der Waals surface area contributed by atoms with Gasteiger partial charge in [0.05, 0.1) is 5.57 Å². The van der Waals surface area contributed by atoms with Crippen molar-refractivity contribution in [2.75, 3.05) is 6.54 Å². The van der Waals surface area contributed by atoms with Crippen molar-refractivity contribution >= 4 is 11.7 Å². The van der Waals surface area contributed by atoms with Gasteiger partial charge >= 0.3 is 0 Å². The van der Waals surface area contributed by atoms with Gasteiger partial charge in [0.1, 0.15) is 17.6 Å². The Kier molecular flexibility index (Phi) is 6.34. The van der Waals surface area contributed by atoms with E-state index < -0.39 is 17.7 Å². The van der Waals surface area contributed by atoms with Gasteiger partial charge in [-0.15, -0.1) is 0 Å². The van der Waals surface area contributed by atoms with Crippen LogP contribution in [0.4, 0.5) is 0 Å². The lowest BCUT2D eigenvalue weighted by molar-refractivity contribution is -0.129. The number of unbranched alkanes of at least 4 members (excludes halogenated alkanes) is 2. The van der Waals surface area contributed by atoms with E-state index >= 15 is 0 Å². The summed E-state index contributed by atoms with van der Waals surface area (Å²) >= 11 is 0. The number of nitrogens with zero attached hydrogens (tertiary/aromatic N) is 1. The van der Waals surface area contributed by atoms with E-state index in [1.54, 1.807) is 11.0 Å². The Bertz CT molecular complexity index is 866. The van der Waals surface area contributed by atoms with E-state index in [9.17, 15) is 14.7 Å². The van der Waals surface area contributed by atoms with E-state index in [0.29, 0.717) is 24.5 Å². The van der Waals surface area contributed by atoms with Crippen molar-refractivity contribution < 1.29 is 19.1 Å². The number of hydrogen-bond donors (Lipinski definition) is 1. The molecular weight excluding hydrogens is 354 g/mol. The third-order valence-electron chi connectivity index (χ3n) is 5.12. The van der Waals surface area contributed by atoms with Gasteiger partial charge in [0.25, 0.3) is 5.91 Å². The lowest BCUT2D eigenvalue weighted by Gasteiger charge is -2.24. The van der Waals surface area contributed by atoms with Crippen molar-refractivity contribution in [1.82, 2.24) is 4.90 Å². The molecule has 1 atom stereocenters. The molecule has 2 heterocycles. The van der Waals surface area contributed by atoms with E-state index in [1.165, 1.54) is 0 Å². The highest BCUT2D eigenvalue weighted by Crippen LogP contribution is 2.39. The molecule has 1 amide bonds. The van der Waals surface area contributed by atoms with Crippen LogP contribution in [0.3, 0.4) is 0 Å². The molecule has 1 aromatic heterocycles. The van der Waals surface area contributed by atoms with Crippen LogP contribution in [0.5, 0.6) is 0 Å². The Morgan fingerprint density at radius 1 is 1.14 bits per heavy atom. The van der Waals surface area contributed by atoms with Crippen molar-refractivity contribution in [2.24, 2.45) is 0 Å². The van der Waals surface area contributed by atoms with Crippen molar-refractivity contribution in [3.05, 3.63) is 70.9 Å². The quantitative estimate of drug-likeness (QED) is 0.641. The molecular formula is C23H27NO4. The van der Waals surface area contributed by atoms with Crippen LogP contribution in [0.2, 0.25) is 0 Å². The number of carbonyl (C=O) groups is 2. The normalized spacial score (nSPS) is 16.9. The van der Waals surface area contributed by atoms with Gasteiger partial charge in [-0.2, -0.15) is 0 Å². The molecule has 0 saturated carbocycles. The summed E-state index contributed by atoms with van der Waals surface area (Å²) in [7, 11) is 0. The number of benzene rings is 1. The van der Waals surface area contributed by atoms with Crippen molar-refractivity contribution in [2.45, 2.75) is 52.0 Å². The first-order valence-electron chi connectivity index (χ1n) is 9.90. The van der Waals surface area contributed by atoms with E-state index in [-0.39, 0.29) is 17.8 Å². The number of rotatable bonds is 9. The number of Topliss-reactive ketones (excluding diaryl/α,β-unsaturated/α-hetero) is 1. The first kappa shape index (κ1) is 19.9. The maximum Gasteiger partial charge on any atom is 0.290 e. The summed E-state index contributed by atoms with van der Waals surface area (Å²) in [5, 5.41) is 10.5. The van der Waals surface area contributed by atoms with Crippen LogP contribution in [0.1, 0.15) is 55.7 Å². The van der Waals surface area contributed by atoms with E-state index in [2.05, 4.69) is 6.92 Å². The minimum atomic E-state index is -0.652. The zero-order chi connectivity index (χ0) is 20.1. The SMILES string of the molecule is CCCCCN1C(=O)C(O)=C(C(=O)CCc2ccccc2)C1c1ccc(C)o1. The second kappa shape index (κ2) is 8.91. The number of ketones is 1. The Morgan fingerprint density at radius 2 is 1.89 bits per heavy atom. The Hall–Kier alpha value is -2.82. The largest absolute Gasteiger partial charge is 0.503 e. The van der Waals surface area contributed by atoms with E-state index in [0.717, 1.165) is 24.8 Å². The third kappa shape index (κ3) is 4.19. The van der Waals surface area contributed by atoms with Crippen LogP contribution >= 0.6 is 0 Å². The van der Waals surface area contributed by atoms with Crippen molar-refractivity contribution in [1.29, 1.82) is 0 Å². The highest BCUT2D eigenvalue weighted by Gasteiger charge is 2.44. The standard InChI is InChI=1S/C23H27NO4/c1-3-4-8-15-24-21(19-14-11-16(2)28-19)20(22(26)23(24)27)18(25)13-12-17-9-6-5-7-10-17/h5-7,9-11,14,21,26H,3-4,8,12-13,15H2,1-2H3. The van der Waals surface area contributed by atoms with Gasteiger partial charge in [0, 0.05) is 13.0 Å². The summed E-state index contributed by atoms with van der Waals surface area (Å²) < 4.78 is 5.75. The average molecular weight is 381 g/mol. The van der Waals surface area contributed by atoms with Crippen LogP contribution < -0.4 is 0 Å². The lowest BCUT2D eigenvalue weighted by atomic mass is 9.96. The molecule has 148 valence electrons. The molecule has 0 fully saturated rings. The molecule has 28 heavy (non-hydrogen) atoms. The lowest BCUT2D eigenvalue weighted by Crippen LogP contribution is -2.32. The number of aryl methyl sites for hydroxylation is 2. The van der Waals surface area contributed by atoms with Gasteiger partial charge < -0.3 is 14.4 Å². The van der Waals surface area contributed by atoms with Crippen molar-refractivity contribution in [3.63, 3.8) is 0 Å². The number of aliphatic hydroxyl groups excluding tert-OH is 1. The van der Waals surface area contributed by atoms with E-state index in [1.807, 2.05) is 43.3 Å². The molecule has 5 heteroatoms. The number of amides is 1. The van der Waals surface area contributed by atoms with Crippen molar-refractivity contribution in [3.8, 4) is 0 Å². The van der Waals surface area contributed by atoms with Gasteiger partial charge in [-0.05, 0) is 37.5 Å². The Balaban J connectivity index is 1.85. The second-order valence-electron chi connectivity index (χ2n) is 7.23. The van der Waals surface area contributed by atoms with Crippen LogP contribution in [0.15, 0.2) is 58.2 Å². The molecule has 1 aliphatic rings. The highest BCUT2D eigenvalue weighted by atomic mass is 16.3. The van der Waals surface area contributed by atoms with Crippen LogP contribution in [-0.2, 0) is 16.0 Å². The molecule has 0 bridgehead atoms. The molecule has 0 radical (unpaired) electrons. The summed E-state index contributed by atoms with van der Waals surface area (Å²) in [5.74, 6) is 0.0893. The number of furan rings is 1. The van der Waals surface area contributed by atoms with Gasteiger partial charge in [0.15, 0.2) is 11.5 Å². The van der Waals surface area contributed by atoms with Gasteiger partial charge in [-0.3, -0.25) is 9.59 Å². The summed E-state index contributed by atoms with van der Waals surface area (Å²) in [6.07, 6.45) is 3.61. The molecule has 1 N–H and O–H groups in total. The van der Waals surface area contributed by atoms with Gasteiger partial charge in [-0.1, -0.05) is 50.1 Å². The molecule has 3 rings (SSSR count). The molecule has 0 spiro atoms. The average Bonchev–Trinajstić information content (AvgIpc) is 3.23. The summed E-state index contributed by atoms with van der Waals surface area (Å²) in [5.41, 5.74) is 1.21. The molecule has 2 aromatic rings. The van der Waals surface area contributed by atoms with Crippen LogP contribution in [0, 0.1) is 6.92 Å². The molecule has 0 saturated heterocycles. The van der Waals surface area contributed by atoms with Crippen LogP contribution in [0.25, 0.3) is 0 Å². The monoisotopic (exact) mass is 381 g/mol. The first-order valence-corrected chi connectivity index (χ1v) is 9.90. The fourth-order valence-corrected chi connectivity index (χ4v) is 3.63. The zero-order valence-electron chi connectivity index (χ0n) is 16.5. The predicted octanol–water partition coefficient (Wildman–Crippen LogP) is 4.68. The predicted molar refractivity (Wildman–Crippen MR) is 107 cm³/mol. The fraction of sp³-hybridized carbons (Fsp3) is 0.391. The maximum atomic E-state index is 13.0. The maximum absolute atomic E-state index is 13.0. The molecule has 1 aliphatic heterocycles. The Morgan fingerprint density at radius 3 is 2.54 bits per heavy atom. The molecule has 1 unspecified atom stereocenters. The third-order valence-corrected chi connectivity index (χ3v) is 5.12. The highest BCUT2D eigenvalue weighted by molar-refractivity contribution is 6.08. The van der Waals surface area contributed by atoms with E-state index in [4.69, 9.17) is 4.42 Å². The summed E-state index contributed by atoms with van der Waals surface area (Å²) in [6, 6.07) is 12.7. The van der Waals surface area contributed by atoms with Gasteiger partial charge in [0.2, 0.25) is 0 Å². The number of carbonyl (C=O) groups excluding carboxylic acids is 2.